The third-order valence-electron chi connectivity index (χ3n) is 3.37. The van der Waals surface area contributed by atoms with E-state index in [2.05, 4.69) is 15.4 Å². The number of aromatic nitrogens is 2. The molecule has 1 aromatic rings. The molecular formula is C12H18N4OS. The first-order chi connectivity index (χ1) is 8.63. The Morgan fingerprint density at radius 2 is 2.00 bits per heavy atom. The van der Waals surface area contributed by atoms with E-state index in [1.165, 1.54) is 25.7 Å². The van der Waals surface area contributed by atoms with Gasteiger partial charge < -0.3 is 10.9 Å². The predicted octanol–water partition coefficient (Wildman–Crippen LogP) is 2.22. The first-order valence-electron chi connectivity index (χ1n) is 6.12. The van der Waals surface area contributed by atoms with Crippen LogP contribution in [0.1, 0.15) is 42.5 Å². The third kappa shape index (κ3) is 2.58. The van der Waals surface area contributed by atoms with Gasteiger partial charge in [0.15, 0.2) is 5.84 Å². The number of rotatable bonds is 3. The van der Waals surface area contributed by atoms with Crippen LogP contribution in [0.15, 0.2) is 10.2 Å². The lowest BCUT2D eigenvalue weighted by Gasteiger charge is -2.13. The minimum Gasteiger partial charge on any atom is -0.409 e. The summed E-state index contributed by atoms with van der Waals surface area (Å²) in [6, 6.07) is 0. The molecule has 1 aliphatic carbocycles. The van der Waals surface area contributed by atoms with Gasteiger partial charge >= 0.3 is 0 Å². The van der Waals surface area contributed by atoms with Gasteiger partial charge in [0.1, 0.15) is 5.03 Å². The van der Waals surface area contributed by atoms with E-state index in [1.807, 2.05) is 13.8 Å². The lowest BCUT2D eigenvalue weighted by atomic mass is 10.1. The summed E-state index contributed by atoms with van der Waals surface area (Å²) in [7, 11) is 0. The highest BCUT2D eigenvalue weighted by Gasteiger charge is 2.22. The van der Waals surface area contributed by atoms with E-state index < -0.39 is 0 Å². The molecule has 0 saturated heterocycles. The Kier molecular flexibility index (Phi) is 4.06. The SMILES string of the molecule is Cc1nnc(SC2CCCC2)c(C(N)=NO)c1C. The summed E-state index contributed by atoms with van der Waals surface area (Å²) >= 11 is 1.70. The summed E-state index contributed by atoms with van der Waals surface area (Å²) in [4.78, 5) is 0. The Hall–Kier alpha value is -1.30. The fourth-order valence-corrected chi connectivity index (χ4v) is 3.53. The van der Waals surface area contributed by atoms with Crippen molar-refractivity contribution in [1.29, 1.82) is 0 Å². The molecule has 2 rings (SSSR count). The molecule has 0 radical (unpaired) electrons. The number of oxime groups is 1. The summed E-state index contributed by atoms with van der Waals surface area (Å²) in [6.07, 6.45) is 4.95. The van der Waals surface area contributed by atoms with E-state index in [4.69, 9.17) is 10.9 Å². The number of nitrogens with two attached hydrogens (primary N) is 1. The Morgan fingerprint density at radius 1 is 1.33 bits per heavy atom. The van der Waals surface area contributed by atoms with E-state index >= 15 is 0 Å². The average Bonchev–Trinajstić information content (AvgIpc) is 2.86. The van der Waals surface area contributed by atoms with Crippen molar-refractivity contribution in [2.75, 3.05) is 0 Å². The number of amidine groups is 1. The van der Waals surface area contributed by atoms with Gasteiger partial charge in [-0.05, 0) is 32.3 Å². The molecule has 18 heavy (non-hydrogen) atoms. The van der Waals surface area contributed by atoms with Crippen LogP contribution in [0.5, 0.6) is 0 Å². The van der Waals surface area contributed by atoms with Crippen LogP contribution in [0.2, 0.25) is 0 Å². The maximum atomic E-state index is 8.89. The van der Waals surface area contributed by atoms with Gasteiger partial charge in [-0.1, -0.05) is 18.0 Å². The Bertz CT molecular complexity index is 469. The van der Waals surface area contributed by atoms with Gasteiger partial charge in [-0.2, -0.15) is 5.10 Å². The van der Waals surface area contributed by atoms with Crippen molar-refractivity contribution in [3.63, 3.8) is 0 Å². The Labute approximate surface area is 111 Å². The monoisotopic (exact) mass is 266 g/mol. The minimum atomic E-state index is 0.117. The van der Waals surface area contributed by atoms with Crippen LogP contribution in [0.4, 0.5) is 0 Å². The molecule has 5 nitrogen and oxygen atoms in total. The molecule has 0 aliphatic heterocycles. The highest BCUT2D eigenvalue weighted by Crippen LogP contribution is 2.35. The van der Waals surface area contributed by atoms with Crippen molar-refractivity contribution in [3.8, 4) is 0 Å². The number of aryl methyl sites for hydroxylation is 1. The first-order valence-corrected chi connectivity index (χ1v) is 7.00. The van der Waals surface area contributed by atoms with E-state index in [0.717, 1.165) is 21.8 Å². The fraction of sp³-hybridized carbons (Fsp3) is 0.583. The zero-order valence-corrected chi connectivity index (χ0v) is 11.5. The summed E-state index contributed by atoms with van der Waals surface area (Å²) in [5, 5.41) is 21.7. The summed E-state index contributed by atoms with van der Waals surface area (Å²) in [5.41, 5.74) is 8.23. The standard InChI is InChI=1S/C12H18N4OS/c1-7-8(2)14-15-12(10(7)11(13)16-17)18-9-5-3-4-6-9/h9,17H,3-6H2,1-2H3,(H2,13,16). The fourth-order valence-electron chi connectivity index (χ4n) is 2.18. The van der Waals surface area contributed by atoms with E-state index in [-0.39, 0.29) is 5.84 Å². The van der Waals surface area contributed by atoms with Crippen LogP contribution < -0.4 is 5.73 Å². The second-order valence-electron chi connectivity index (χ2n) is 4.60. The molecule has 0 amide bonds. The molecule has 0 unspecified atom stereocenters. The van der Waals surface area contributed by atoms with Crippen molar-refractivity contribution >= 4 is 17.6 Å². The van der Waals surface area contributed by atoms with Gasteiger partial charge in [0.05, 0.1) is 11.3 Å². The molecule has 1 aliphatic rings. The van der Waals surface area contributed by atoms with Gasteiger partial charge in [-0.3, -0.25) is 0 Å². The zero-order chi connectivity index (χ0) is 13.1. The summed E-state index contributed by atoms with van der Waals surface area (Å²) in [6.45, 7) is 3.80. The topological polar surface area (TPSA) is 84.4 Å². The molecule has 1 saturated carbocycles. The van der Waals surface area contributed by atoms with Gasteiger partial charge in [-0.15, -0.1) is 16.9 Å². The summed E-state index contributed by atoms with van der Waals surface area (Å²) in [5.74, 6) is 0.117. The van der Waals surface area contributed by atoms with Crippen molar-refractivity contribution in [3.05, 3.63) is 16.8 Å². The molecule has 1 heterocycles. The lowest BCUT2D eigenvalue weighted by Crippen LogP contribution is -2.19. The molecule has 0 atom stereocenters. The third-order valence-corrected chi connectivity index (χ3v) is 4.68. The van der Waals surface area contributed by atoms with Crippen molar-refractivity contribution in [2.24, 2.45) is 10.9 Å². The molecule has 0 bridgehead atoms. The quantitative estimate of drug-likeness (QED) is 0.379. The van der Waals surface area contributed by atoms with Crippen molar-refractivity contribution in [2.45, 2.75) is 49.8 Å². The molecule has 1 fully saturated rings. The van der Waals surface area contributed by atoms with Crippen LogP contribution >= 0.6 is 11.8 Å². The second kappa shape index (κ2) is 5.56. The highest BCUT2D eigenvalue weighted by atomic mass is 32.2. The molecule has 0 aromatic carbocycles. The normalized spacial score (nSPS) is 17.3. The molecule has 6 heteroatoms. The van der Waals surface area contributed by atoms with Gasteiger partial charge in [-0.25, -0.2) is 0 Å². The Morgan fingerprint density at radius 3 is 2.61 bits per heavy atom. The van der Waals surface area contributed by atoms with Crippen molar-refractivity contribution < 1.29 is 5.21 Å². The molecule has 3 N–H and O–H groups in total. The maximum Gasteiger partial charge on any atom is 0.173 e. The van der Waals surface area contributed by atoms with Crippen LogP contribution in [0.25, 0.3) is 0 Å². The summed E-state index contributed by atoms with van der Waals surface area (Å²) < 4.78 is 0. The second-order valence-corrected chi connectivity index (χ2v) is 5.89. The molecule has 0 spiro atoms. The van der Waals surface area contributed by atoms with Crippen LogP contribution in [-0.4, -0.2) is 26.5 Å². The van der Waals surface area contributed by atoms with Crippen LogP contribution in [0, 0.1) is 13.8 Å². The maximum absolute atomic E-state index is 8.89. The number of thioether (sulfide) groups is 1. The average molecular weight is 266 g/mol. The van der Waals surface area contributed by atoms with Crippen LogP contribution in [0.3, 0.4) is 0 Å². The van der Waals surface area contributed by atoms with E-state index in [9.17, 15) is 0 Å². The smallest absolute Gasteiger partial charge is 0.173 e. The molecule has 1 aromatic heterocycles. The first kappa shape index (κ1) is 13.1. The number of hydrogen-bond donors (Lipinski definition) is 2. The number of hydrogen-bond acceptors (Lipinski definition) is 5. The van der Waals surface area contributed by atoms with E-state index in [0.29, 0.717) is 5.25 Å². The van der Waals surface area contributed by atoms with Gasteiger partial charge in [0.25, 0.3) is 0 Å². The highest BCUT2D eigenvalue weighted by molar-refractivity contribution is 7.99. The lowest BCUT2D eigenvalue weighted by molar-refractivity contribution is 0.318. The molecular weight excluding hydrogens is 248 g/mol. The molecule has 98 valence electrons. The predicted molar refractivity (Wildman–Crippen MR) is 72.1 cm³/mol. The van der Waals surface area contributed by atoms with Crippen LogP contribution in [-0.2, 0) is 0 Å². The Balaban J connectivity index is 2.36. The van der Waals surface area contributed by atoms with Crippen molar-refractivity contribution in [1.82, 2.24) is 10.2 Å². The number of nitrogens with zero attached hydrogens (tertiary/aromatic N) is 3. The minimum absolute atomic E-state index is 0.117. The van der Waals surface area contributed by atoms with Gasteiger partial charge in [0, 0.05) is 5.25 Å². The largest absolute Gasteiger partial charge is 0.409 e. The van der Waals surface area contributed by atoms with E-state index in [1.54, 1.807) is 11.8 Å². The van der Waals surface area contributed by atoms with Gasteiger partial charge in [0.2, 0.25) is 0 Å². The zero-order valence-electron chi connectivity index (χ0n) is 10.7.